The van der Waals surface area contributed by atoms with Gasteiger partial charge >= 0.3 is 0 Å². The zero-order valence-electron chi connectivity index (χ0n) is 23.9. The SMILES string of the molecule is CCCCCCCCCCCCCCCCC[C@@H]1CO[C@H](C(C[N+](C)(C)C)OP(=O)([O-])OOC)CO1. The predicted octanol–water partition coefficient (Wildman–Crippen LogP) is 6.17. The summed E-state index contributed by atoms with van der Waals surface area (Å²) in [5.41, 5.74) is 0. The van der Waals surface area contributed by atoms with E-state index in [-0.39, 0.29) is 6.10 Å². The van der Waals surface area contributed by atoms with Gasteiger partial charge in [0.1, 0.15) is 18.8 Å². The van der Waals surface area contributed by atoms with Crippen LogP contribution in [0, 0.1) is 0 Å². The standard InChI is InChI=1S/C27H56NO7P/c1-6-7-8-9-10-11-12-13-14-15-16-17-18-19-20-21-25-23-33-27(24-32-25)26(22-28(2,3)4)34-36(29,30)35-31-5/h25-27H,6-24H2,1-5H3/t25-,26?,27+/m1/s1. The lowest BCUT2D eigenvalue weighted by Gasteiger charge is -2.38. The van der Waals surface area contributed by atoms with Crippen LogP contribution in [0.1, 0.15) is 110 Å². The maximum Gasteiger partial charge on any atom is 0.298 e. The van der Waals surface area contributed by atoms with E-state index in [4.69, 9.17) is 14.0 Å². The Balaban J connectivity index is 2.09. The van der Waals surface area contributed by atoms with Crippen molar-refractivity contribution < 1.29 is 37.5 Å². The molecule has 0 aromatic carbocycles. The molecule has 8 nitrogen and oxygen atoms in total. The van der Waals surface area contributed by atoms with E-state index in [1.807, 2.05) is 21.1 Å². The maximum absolute atomic E-state index is 12.0. The van der Waals surface area contributed by atoms with Crippen LogP contribution < -0.4 is 4.89 Å². The van der Waals surface area contributed by atoms with Gasteiger partial charge in [0.05, 0.1) is 47.6 Å². The first-order valence-electron chi connectivity index (χ1n) is 14.4. The van der Waals surface area contributed by atoms with E-state index in [0.29, 0.717) is 24.2 Å². The van der Waals surface area contributed by atoms with Crippen molar-refractivity contribution in [1.29, 1.82) is 0 Å². The van der Waals surface area contributed by atoms with Crippen molar-refractivity contribution in [1.82, 2.24) is 0 Å². The first-order chi connectivity index (χ1) is 17.2. The van der Waals surface area contributed by atoms with Crippen molar-refractivity contribution in [3.63, 3.8) is 0 Å². The van der Waals surface area contributed by atoms with Crippen molar-refractivity contribution in [2.24, 2.45) is 0 Å². The van der Waals surface area contributed by atoms with Gasteiger partial charge in [-0.25, -0.2) is 4.89 Å². The first kappa shape index (κ1) is 34.0. The van der Waals surface area contributed by atoms with Gasteiger partial charge in [-0.3, -0.25) is 4.57 Å². The Morgan fingerprint density at radius 2 is 1.33 bits per heavy atom. The van der Waals surface area contributed by atoms with Crippen molar-refractivity contribution in [2.45, 2.75) is 128 Å². The molecule has 0 aromatic rings. The molecule has 0 aromatic heterocycles. The van der Waals surface area contributed by atoms with Gasteiger partial charge in [-0.2, -0.15) is 4.67 Å². The third-order valence-corrected chi connectivity index (χ3v) is 7.56. The molecule has 0 saturated carbocycles. The molecular weight excluding hydrogens is 481 g/mol. The second kappa shape index (κ2) is 19.9. The van der Waals surface area contributed by atoms with Gasteiger partial charge in [0.2, 0.25) is 0 Å². The maximum atomic E-state index is 12.0. The van der Waals surface area contributed by atoms with E-state index in [9.17, 15) is 9.46 Å². The van der Waals surface area contributed by atoms with Gasteiger partial charge in [-0.15, -0.1) is 0 Å². The Hall–Kier alpha value is -0.0500. The lowest BCUT2D eigenvalue weighted by Crippen LogP contribution is -2.51. The minimum absolute atomic E-state index is 0.0577. The Morgan fingerprint density at radius 1 is 0.833 bits per heavy atom. The second-order valence-electron chi connectivity index (χ2n) is 11.4. The molecule has 0 bridgehead atoms. The molecule has 1 rings (SSSR count). The molecule has 0 spiro atoms. The highest BCUT2D eigenvalue weighted by molar-refractivity contribution is 7.45. The van der Waals surface area contributed by atoms with E-state index in [2.05, 4.69) is 16.5 Å². The lowest BCUT2D eigenvalue weighted by molar-refractivity contribution is -0.873. The number of hydrogen-bond acceptors (Lipinski definition) is 7. The van der Waals surface area contributed by atoms with Crippen molar-refractivity contribution in [3.05, 3.63) is 0 Å². The minimum Gasteiger partial charge on any atom is -0.754 e. The molecular formula is C27H56NO7P. The number of phosphoric acid groups is 1. The first-order valence-corrected chi connectivity index (χ1v) is 15.9. The van der Waals surface area contributed by atoms with Crippen molar-refractivity contribution >= 4 is 7.82 Å². The molecule has 1 saturated heterocycles. The highest BCUT2D eigenvalue weighted by Gasteiger charge is 2.36. The molecule has 1 fully saturated rings. The molecule has 0 amide bonds. The van der Waals surface area contributed by atoms with Crippen LogP contribution in [0.25, 0.3) is 0 Å². The van der Waals surface area contributed by atoms with Crippen LogP contribution in [0.3, 0.4) is 0 Å². The highest BCUT2D eigenvalue weighted by Crippen LogP contribution is 2.41. The zero-order chi connectivity index (χ0) is 26.7. The molecule has 0 radical (unpaired) electrons. The van der Waals surface area contributed by atoms with Crippen molar-refractivity contribution in [3.8, 4) is 0 Å². The number of ether oxygens (including phenoxy) is 2. The van der Waals surface area contributed by atoms with Crippen LogP contribution in [0.5, 0.6) is 0 Å². The third kappa shape index (κ3) is 18.2. The normalized spacial score (nSPS) is 21.4. The summed E-state index contributed by atoms with van der Waals surface area (Å²) in [5, 5.41) is 0. The summed E-state index contributed by atoms with van der Waals surface area (Å²) in [6, 6.07) is 0. The molecule has 1 aliphatic rings. The third-order valence-electron chi connectivity index (χ3n) is 6.69. The monoisotopic (exact) mass is 537 g/mol. The van der Waals surface area contributed by atoms with Crippen LogP contribution in [-0.4, -0.2) is 70.8 Å². The van der Waals surface area contributed by atoms with Crippen LogP contribution in [0.4, 0.5) is 0 Å². The quantitative estimate of drug-likeness (QED) is 0.0506. The van der Waals surface area contributed by atoms with Crippen molar-refractivity contribution in [2.75, 3.05) is 48.0 Å². The van der Waals surface area contributed by atoms with E-state index in [1.165, 1.54) is 89.9 Å². The van der Waals surface area contributed by atoms with Gasteiger partial charge in [0.25, 0.3) is 7.82 Å². The van der Waals surface area contributed by atoms with E-state index in [1.54, 1.807) is 0 Å². The predicted molar refractivity (Wildman–Crippen MR) is 142 cm³/mol. The van der Waals surface area contributed by atoms with Crippen LogP contribution >= 0.6 is 7.82 Å². The Bertz CT molecular complexity index is 565. The topological polar surface area (TPSA) is 86.3 Å². The number of likely N-dealkylation sites (N-methyl/N-ethyl adjacent to an activating group) is 1. The van der Waals surface area contributed by atoms with Crippen LogP contribution in [0.2, 0.25) is 0 Å². The van der Waals surface area contributed by atoms with Gasteiger partial charge in [0.15, 0.2) is 0 Å². The molecule has 36 heavy (non-hydrogen) atoms. The number of quaternary nitrogens is 1. The molecule has 4 atom stereocenters. The van der Waals surface area contributed by atoms with Crippen LogP contribution in [-0.2, 0) is 28.1 Å². The van der Waals surface area contributed by atoms with Gasteiger partial charge < -0.3 is 23.4 Å². The fourth-order valence-corrected chi connectivity index (χ4v) is 5.47. The molecule has 0 aliphatic carbocycles. The highest BCUT2D eigenvalue weighted by atomic mass is 31.2. The van der Waals surface area contributed by atoms with Gasteiger partial charge in [-0.1, -0.05) is 103 Å². The average molecular weight is 538 g/mol. The largest absolute Gasteiger partial charge is 0.754 e. The summed E-state index contributed by atoms with van der Waals surface area (Å²) >= 11 is 0. The second-order valence-corrected chi connectivity index (χ2v) is 12.6. The summed E-state index contributed by atoms with van der Waals surface area (Å²) in [4.78, 5) is 16.2. The Morgan fingerprint density at radius 3 is 1.75 bits per heavy atom. The molecule has 216 valence electrons. The number of phosphoric ester groups is 1. The number of unbranched alkanes of at least 4 members (excludes halogenated alkanes) is 14. The smallest absolute Gasteiger partial charge is 0.298 e. The molecule has 9 heteroatoms. The summed E-state index contributed by atoms with van der Waals surface area (Å²) in [5.74, 6) is 0. The van der Waals surface area contributed by atoms with Gasteiger partial charge in [-0.05, 0) is 6.42 Å². The molecule has 1 heterocycles. The van der Waals surface area contributed by atoms with Crippen LogP contribution in [0.15, 0.2) is 0 Å². The fourth-order valence-electron chi connectivity index (χ4n) is 4.72. The minimum atomic E-state index is -4.58. The van der Waals surface area contributed by atoms with E-state index in [0.717, 1.165) is 20.0 Å². The molecule has 1 aliphatic heterocycles. The summed E-state index contributed by atoms with van der Waals surface area (Å²) < 4.78 is 34.0. The Labute approximate surface area is 221 Å². The summed E-state index contributed by atoms with van der Waals surface area (Å²) in [7, 11) is 2.44. The average Bonchev–Trinajstić information content (AvgIpc) is 2.80. The number of hydrogen-bond donors (Lipinski definition) is 0. The number of nitrogens with zero attached hydrogens (tertiary/aromatic N) is 1. The molecule has 2 unspecified atom stereocenters. The zero-order valence-corrected chi connectivity index (χ0v) is 24.8. The summed E-state index contributed by atoms with van der Waals surface area (Å²) in [6.45, 7) is 3.46. The molecule has 0 N–H and O–H groups in total. The van der Waals surface area contributed by atoms with E-state index < -0.39 is 20.0 Å². The summed E-state index contributed by atoms with van der Waals surface area (Å²) in [6.07, 6.45) is 20.2. The lowest BCUT2D eigenvalue weighted by atomic mass is 10.0. The van der Waals surface area contributed by atoms with Gasteiger partial charge in [0, 0.05) is 0 Å². The van der Waals surface area contributed by atoms with E-state index >= 15 is 0 Å². The fraction of sp³-hybridized carbons (Fsp3) is 1.00. The number of rotatable bonds is 23. The Kier molecular flexibility index (Phi) is 18.8.